The molecule has 1 atom stereocenters. The number of nitrogens with one attached hydrogen (secondary N) is 1. The van der Waals surface area contributed by atoms with Crippen molar-refractivity contribution >= 4 is 21.9 Å². The smallest absolute Gasteiger partial charge is 0.336 e. The van der Waals surface area contributed by atoms with Gasteiger partial charge in [-0.3, -0.25) is 0 Å². The van der Waals surface area contributed by atoms with Crippen LogP contribution >= 0.6 is 15.9 Å². The molecule has 0 bridgehead atoms. The molecule has 0 amide bonds. The summed E-state index contributed by atoms with van der Waals surface area (Å²) in [6.07, 6.45) is 1.07. The van der Waals surface area contributed by atoms with Gasteiger partial charge in [-0.2, -0.15) is 0 Å². The van der Waals surface area contributed by atoms with Gasteiger partial charge in [0.05, 0.1) is 5.56 Å². The van der Waals surface area contributed by atoms with Gasteiger partial charge in [-0.15, -0.1) is 0 Å². The Bertz CT molecular complexity index is 374. The van der Waals surface area contributed by atoms with E-state index < -0.39 is 5.97 Å². The summed E-state index contributed by atoms with van der Waals surface area (Å²) in [5.41, 5.74) is 1.37. The summed E-state index contributed by atoms with van der Waals surface area (Å²) >= 11 is 3.34. The van der Waals surface area contributed by atoms with Gasteiger partial charge < -0.3 is 10.4 Å². The fourth-order valence-electron chi connectivity index (χ4n) is 1.54. The topological polar surface area (TPSA) is 49.3 Å². The Hall–Kier alpha value is -0.870. The number of carboxylic acids is 1. The van der Waals surface area contributed by atoms with E-state index in [0.29, 0.717) is 16.1 Å². The molecule has 3 nitrogen and oxygen atoms in total. The lowest BCUT2D eigenvalue weighted by Gasteiger charge is -2.29. The third-order valence-corrected chi connectivity index (χ3v) is 3.34. The van der Waals surface area contributed by atoms with Gasteiger partial charge in [0.25, 0.3) is 0 Å². The molecule has 4 heteroatoms. The minimum absolute atomic E-state index is 0.309. The maximum atomic E-state index is 10.9. The Labute approximate surface area is 90.3 Å². The number of benzene rings is 1. The fraction of sp³-hybridized carbons (Fsp3) is 0.300. The summed E-state index contributed by atoms with van der Waals surface area (Å²) in [4.78, 5) is 10.9. The zero-order valence-corrected chi connectivity index (χ0v) is 9.04. The van der Waals surface area contributed by atoms with E-state index in [2.05, 4.69) is 21.2 Å². The van der Waals surface area contributed by atoms with Crippen LogP contribution in [0.3, 0.4) is 0 Å². The molecule has 2 N–H and O–H groups in total. The van der Waals surface area contributed by atoms with Crippen molar-refractivity contribution in [3.8, 4) is 0 Å². The van der Waals surface area contributed by atoms with E-state index in [1.54, 1.807) is 12.1 Å². The molecule has 0 saturated carbocycles. The average molecular weight is 256 g/mol. The van der Waals surface area contributed by atoms with Crippen LogP contribution in [0, 0.1) is 0 Å². The Morgan fingerprint density at radius 2 is 2.29 bits per heavy atom. The number of rotatable bonds is 2. The Morgan fingerprint density at radius 3 is 2.79 bits per heavy atom. The molecule has 0 unspecified atom stereocenters. The molecule has 74 valence electrons. The number of carbonyl (C=O) groups is 1. The van der Waals surface area contributed by atoms with Gasteiger partial charge in [0, 0.05) is 10.5 Å². The molecule has 14 heavy (non-hydrogen) atoms. The quantitative estimate of drug-likeness (QED) is 0.852. The van der Waals surface area contributed by atoms with Crippen LogP contribution in [0.25, 0.3) is 0 Å². The highest BCUT2D eigenvalue weighted by Crippen LogP contribution is 2.31. The third-order valence-electron chi connectivity index (χ3n) is 2.46. The molecule has 0 radical (unpaired) electrons. The first-order valence-electron chi connectivity index (χ1n) is 4.45. The molecule has 2 rings (SSSR count). The van der Waals surface area contributed by atoms with Crippen molar-refractivity contribution in [2.75, 3.05) is 6.54 Å². The normalized spacial score (nSPS) is 20.2. The summed E-state index contributed by atoms with van der Waals surface area (Å²) in [5, 5.41) is 12.2. The maximum Gasteiger partial charge on any atom is 0.336 e. The van der Waals surface area contributed by atoms with Gasteiger partial charge in [-0.05, 0) is 40.5 Å². The summed E-state index contributed by atoms with van der Waals surface area (Å²) in [5.74, 6) is -0.891. The van der Waals surface area contributed by atoms with E-state index in [9.17, 15) is 4.79 Å². The Morgan fingerprint density at radius 1 is 1.57 bits per heavy atom. The van der Waals surface area contributed by atoms with Gasteiger partial charge >= 0.3 is 5.97 Å². The number of halogens is 1. The lowest BCUT2D eigenvalue weighted by molar-refractivity contribution is 0.0695. The van der Waals surface area contributed by atoms with Gasteiger partial charge in [0.2, 0.25) is 0 Å². The lowest BCUT2D eigenvalue weighted by Crippen LogP contribution is -2.35. The van der Waals surface area contributed by atoms with E-state index in [0.717, 1.165) is 18.5 Å². The van der Waals surface area contributed by atoms with Crippen LogP contribution in [0.1, 0.15) is 28.4 Å². The second-order valence-corrected chi connectivity index (χ2v) is 4.10. The monoisotopic (exact) mass is 255 g/mol. The van der Waals surface area contributed by atoms with E-state index in [1.807, 2.05) is 6.07 Å². The molecule has 0 aromatic heterocycles. The van der Waals surface area contributed by atoms with Gasteiger partial charge in [0.15, 0.2) is 0 Å². The molecule has 1 saturated heterocycles. The molecule has 1 aromatic carbocycles. The molecule has 1 aromatic rings. The van der Waals surface area contributed by atoms with E-state index in [-0.39, 0.29) is 0 Å². The van der Waals surface area contributed by atoms with Crippen LogP contribution in [0.15, 0.2) is 22.7 Å². The van der Waals surface area contributed by atoms with E-state index in [4.69, 9.17) is 5.11 Å². The minimum atomic E-state index is -0.891. The SMILES string of the molecule is O=C(O)c1cccc([C@H]2CCN2)c1Br. The van der Waals surface area contributed by atoms with Crippen LogP contribution in [-0.4, -0.2) is 17.6 Å². The number of hydrogen-bond donors (Lipinski definition) is 2. The van der Waals surface area contributed by atoms with Crippen molar-refractivity contribution in [3.63, 3.8) is 0 Å². The highest BCUT2D eigenvalue weighted by Gasteiger charge is 2.22. The van der Waals surface area contributed by atoms with Crippen LogP contribution < -0.4 is 5.32 Å². The predicted octanol–water partition coefficient (Wildman–Crippen LogP) is 2.18. The average Bonchev–Trinajstić information content (AvgIpc) is 2.04. The van der Waals surface area contributed by atoms with Gasteiger partial charge in [-0.1, -0.05) is 12.1 Å². The van der Waals surface area contributed by atoms with Crippen LogP contribution in [-0.2, 0) is 0 Å². The van der Waals surface area contributed by atoms with Crippen LogP contribution in [0.2, 0.25) is 0 Å². The highest BCUT2D eigenvalue weighted by atomic mass is 79.9. The molecule has 1 aliphatic rings. The molecular weight excluding hydrogens is 246 g/mol. The second kappa shape index (κ2) is 3.71. The lowest BCUT2D eigenvalue weighted by atomic mass is 9.96. The molecule has 0 spiro atoms. The highest BCUT2D eigenvalue weighted by molar-refractivity contribution is 9.10. The van der Waals surface area contributed by atoms with Crippen LogP contribution in [0.4, 0.5) is 0 Å². The minimum Gasteiger partial charge on any atom is -0.478 e. The van der Waals surface area contributed by atoms with Crippen molar-refractivity contribution in [1.29, 1.82) is 0 Å². The first-order valence-corrected chi connectivity index (χ1v) is 5.24. The van der Waals surface area contributed by atoms with Crippen molar-refractivity contribution in [2.45, 2.75) is 12.5 Å². The number of hydrogen-bond acceptors (Lipinski definition) is 2. The summed E-state index contributed by atoms with van der Waals surface area (Å²) < 4.78 is 0.699. The van der Waals surface area contributed by atoms with Crippen molar-refractivity contribution < 1.29 is 9.90 Å². The Balaban J connectivity index is 2.40. The molecule has 1 fully saturated rings. The van der Waals surface area contributed by atoms with Gasteiger partial charge in [0.1, 0.15) is 0 Å². The maximum absolute atomic E-state index is 10.9. The molecular formula is C10H10BrNO2. The third kappa shape index (κ3) is 1.55. The largest absolute Gasteiger partial charge is 0.478 e. The number of carboxylic acid groups (broad SMARTS) is 1. The zero-order valence-electron chi connectivity index (χ0n) is 7.46. The standard InChI is InChI=1S/C10H10BrNO2/c11-9-6(8-4-5-12-8)2-1-3-7(9)10(13)14/h1-3,8,12H,4-5H2,(H,13,14)/t8-/m1/s1. The molecule has 1 heterocycles. The molecule has 1 aliphatic heterocycles. The summed E-state index contributed by atoms with van der Waals surface area (Å²) in [7, 11) is 0. The van der Waals surface area contributed by atoms with E-state index >= 15 is 0 Å². The first kappa shape index (κ1) is 9.68. The van der Waals surface area contributed by atoms with Crippen LogP contribution in [0.5, 0.6) is 0 Å². The summed E-state index contributed by atoms with van der Waals surface area (Å²) in [6.45, 7) is 1.01. The van der Waals surface area contributed by atoms with E-state index in [1.165, 1.54) is 0 Å². The second-order valence-electron chi connectivity index (χ2n) is 3.31. The summed E-state index contributed by atoms with van der Waals surface area (Å²) in [6, 6.07) is 5.65. The van der Waals surface area contributed by atoms with Gasteiger partial charge in [-0.25, -0.2) is 4.79 Å². The Kier molecular flexibility index (Phi) is 2.56. The number of aromatic carboxylic acids is 1. The van der Waals surface area contributed by atoms with Crippen molar-refractivity contribution in [2.24, 2.45) is 0 Å². The fourth-order valence-corrected chi connectivity index (χ4v) is 2.25. The first-order chi connectivity index (χ1) is 6.70. The molecule has 0 aliphatic carbocycles. The predicted molar refractivity (Wildman–Crippen MR) is 56.5 cm³/mol. The van der Waals surface area contributed by atoms with Crippen molar-refractivity contribution in [1.82, 2.24) is 5.32 Å². The van der Waals surface area contributed by atoms with Crippen molar-refractivity contribution in [3.05, 3.63) is 33.8 Å². The zero-order chi connectivity index (χ0) is 10.1.